The van der Waals surface area contributed by atoms with Crippen molar-refractivity contribution >= 4 is 9.84 Å². The van der Waals surface area contributed by atoms with E-state index in [0.717, 1.165) is 6.07 Å². The number of halogens is 1. The highest BCUT2D eigenvalue weighted by atomic mass is 32.2. The van der Waals surface area contributed by atoms with Gasteiger partial charge in [-0.1, -0.05) is 6.07 Å². The van der Waals surface area contributed by atoms with Gasteiger partial charge in [0.25, 0.3) is 0 Å². The Labute approximate surface area is 82.4 Å². The number of benzene rings is 1. The Morgan fingerprint density at radius 1 is 1.43 bits per heavy atom. The number of rotatable bonds is 4. The predicted octanol–water partition coefficient (Wildman–Crippen LogP) is 1.25. The Hall–Kier alpha value is -0.940. The van der Waals surface area contributed by atoms with E-state index in [2.05, 4.69) is 4.74 Å². The third-order valence-corrected chi connectivity index (χ3v) is 3.39. The van der Waals surface area contributed by atoms with Gasteiger partial charge in [0.1, 0.15) is 5.82 Å². The zero-order valence-electron chi connectivity index (χ0n) is 7.73. The van der Waals surface area contributed by atoms with Crippen molar-refractivity contribution in [1.29, 1.82) is 0 Å². The molecule has 0 atom stereocenters. The zero-order valence-corrected chi connectivity index (χ0v) is 8.55. The Kier molecular flexibility index (Phi) is 3.60. The first kappa shape index (κ1) is 11.1. The molecule has 3 nitrogen and oxygen atoms in total. The summed E-state index contributed by atoms with van der Waals surface area (Å²) in [5.41, 5.74) is 0. The molecule has 78 valence electrons. The van der Waals surface area contributed by atoms with Crippen LogP contribution in [0.3, 0.4) is 0 Å². The van der Waals surface area contributed by atoms with Gasteiger partial charge >= 0.3 is 0 Å². The number of hydrogen-bond acceptors (Lipinski definition) is 3. The maximum Gasteiger partial charge on any atom is 0.180 e. The standard InChI is InChI=1S/C9H11FO3S/c1-13-5-6-14(11,12)9-4-2-3-8(10)7-9/h2-4,7H,5-6H2,1H3. The summed E-state index contributed by atoms with van der Waals surface area (Å²) in [5.74, 6) is -0.684. The molecule has 0 aliphatic carbocycles. The number of ether oxygens (including phenoxy) is 1. The van der Waals surface area contributed by atoms with Crippen LogP contribution in [0.15, 0.2) is 29.2 Å². The lowest BCUT2D eigenvalue weighted by Crippen LogP contribution is -2.11. The summed E-state index contributed by atoms with van der Waals surface area (Å²) in [5, 5.41) is 0. The molecule has 1 rings (SSSR count). The minimum absolute atomic E-state index is 0.00505. The summed E-state index contributed by atoms with van der Waals surface area (Å²) >= 11 is 0. The van der Waals surface area contributed by atoms with E-state index in [9.17, 15) is 12.8 Å². The van der Waals surface area contributed by atoms with Crippen LogP contribution in [0.25, 0.3) is 0 Å². The van der Waals surface area contributed by atoms with Gasteiger partial charge in [0.15, 0.2) is 9.84 Å². The molecular weight excluding hydrogens is 207 g/mol. The second-order valence-electron chi connectivity index (χ2n) is 2.77. The molecule has 0 aromatic heterocycles. The van der Waals surface area contributed by atoms with E-state index in [4.69, 9.17) is 0 Å². The van der Waals surface area contributed by atoms with Gasteiger partial charge in [0.05, 0.1) is 17.3 Å². The highest BCUT2D eigenvalue weighted by Crippen LogP contribution is 2.12. The van der Waals surface area contributed by atoms with Crippen LogP contribution < -0.4 is 0 Å². The first-order valence-electron chi connectivity index (χ1n) is 4.03. The van der Waals surface area contributed by atoms with E-state index in [1.807, 2.05) is 0 Å². The molecule has 0 N–H and O–H groups in total. The van der Waals surface area contributed by atoms with Gasteiger partial charge in [-0.05, 0) is 18.2 Å². The lowest BCUT2D eigenvalue weighted by molar-refractivity contribution is 0.217. The first-order chi connectivity index (χ1) is 6.56. The first-order valence-corrected chi connectivity index (χ1v) is 5.69. The molecule has 1 aromatic rings. The van der Waals surface area contributed by atoms with Crippen LogP contribution in [0.4, 0.5) is 4.39 Å². The van der Waals surface area contributed by atoms with E-state index < -0.39 is 15.7 Å². The number of methoxy groups -OCH3 is 1. The van der Waals surface area contributed by atoms with E-state index in [-0.39, 0.29) is 17.3 Å². The lowest BCUT2D eigenvalue weighted by atomic mass is 10.4. The van der Waals surface area contributed by atoms with E-state index in [0.29, 0.717) is 0 Å². The number of sulfone groups is 1. The van der Waals surface area contributed by atoms with E-state index in [1.165, 1.54) is 25.3 Å². The Bertz CT molecular complexity index is 400. The molecule has 14 heavy (non-hydrogen) atoms. The molecule has 5 heteroatoms. The van der Waals surface area contributed by atoms with Crippen molar-refractivity contribution in [1.82, 2.24) is 0 Å². The smallest absolute Gasteiger partial charge is 0.180 e. The molecule has 0 unspecified atom stereocenters. The van der Waals surface area contributed by atoms with Crippen LogP contribution in [0.1, 0.15) is 0 Å². The fraction of sp³-hybridized carbons (Fsp3) is 0.333. The van der Waals surface area contributed by atoms with Crippen LogP contribution in [-0.2, 0) is 14.6 Å². The van der Waals surface area contributed by atoms with Gasteiger partial charge in [0, 0.05) is 7.11 Å². The molecule has 0 heterocycles. The van der Waals surface area contributed by atoms with Crippen LogP contribution in [-0.4, -0.2) is 27.9 Å². The second kappa shape index (κ2) is 4.52. The fourth-order valence-electron chi connectivity index (χ4n) is 0.971. The van der Waals surface area contributed by atoms with Gasteiger partial charge in [0.2, 0.25) is 0 Å². The predicted molar refractivity (Wildman–Crippen MR) is 50.3 cm³/mol. The summed E-state index contributed by atoms with van der Waals surface area (Å²) in [6.07, 6.45) is 0. The molecule has 1 aromatic carbocycles. The largest absolute Gasteiger partial charge is 0.384 e. The van der Waals surface area contributed by atoms with Crippen LogP contribution in [0.2, 0.25) is 0 Å². The quantitative estimate of drug-likeness (QED) is 0.763. The molecule has 0 saturated heterocycles. The molecule has 0 fully saturated rings. The van der Waals surface area contributed by atoms with Gasteiger partial charge in [-0.3, -0.25) is 0 Å². The molecule has 0 amide bonds. The van der Waals surface area contributed by atoms with Crippen LogP contribution in [0.5, 0.6) is 0 Å². The average Bonchev–Trinajstić information content (AvgIpc) is 2.15. The topological polar surface area (TPSA) is 43.4 Å². The van der Waals surface area contributed by atoms with Crippen LogP contribution in [0, 0.1) is 5.82 Å². The Morgan fingerprint density at radius 2 is 2.14 bits per heavy atom. The van der Waals surface area contributed by atoms with Crippen molar-refractivity contribution in [2.24, 2.45) is 0 Å². The molecular formula is C9H11FO3S. The molecule has 0 radical (unpaired) electrons. The molecule has 0 aliphatic rings. The Balaban J connectivity index is 2.93. The van der Waals surface area contributed by atoms with Crippen molar-refractivity contribution in [2.75, 3.05) is 19.5 Å². The number of hydrogen-bond donors (Lipinski definition) is 0. The third-order valence-electron chi connectivity index (χ3n) is 1.71. The minimum atomic E-state index is -3.41. The molecule has 0 bridgehead atoms. The van der Waals surface area contributed by atoms with Gasteiger partial charge in [-0.15, -0.1) is 0 Å². The van der Waals surface area contributed by atoms with Gasteiger partial charge in [-0.2, -0.15) is 0 Å². The normalized spacial score (nSPS) is 11.6. The molecule has 0 spiro atoms. The van der Waals surface area contributed by atoms with E-state index in [1.54, 1.807) is 0 Å². The van der Waals surface area contributed by atoms with Crippen molar-refractivity contribution in [3.8, 4) is 0 Å². The summed E-state index contributed by atoms with van der Waals surface area (Å²) in [7, 11) is -1.99. The van der Waals surface area contributed by atoms with Crippen molar-refractivity contribution in [3.05, 3.63) is 30.1 Å². The van der Waals surface area contributed by atoms with Crippen LogP contribution >= 0.6 is 0 Å². The average molecular weight is 218 g/mol. The Morgan fingerprint density at radius 3 is 2.71 bits per heavy atom. The van der Waals surface area contributed by atoms with Gasteiger partial charge in [-0.25, -0.2) is 12.8 Å². The lowest BCUT2D eigenvalue weighted by Gasteiger charge is -2.03. The summed E-state index contributed by atoms with van der Waals surface area (Å²) in [6.45, 7) is 0.110. The highest BCUT2D eigenvalue weighted by molar-refractivity contribution is 7.91. The fourth-order valence-corrected chi connectivity index (χ4v) is 2.17. The maximum absolute atomic E-state index is 12.7. The van der Waals surface area contributed by atoms with E-state index >= 15 is 0 Å². The maximum atomic E-state index is 12.7. The zero-order chi connectivity index (χ0) is 10.6. The van der Waals surface area contributed by atoms with Gasteiger partial charge < -0.3 is 4.74 Å². The van der Waals surface area contributed by atoms with Crippen molar-refractivity contribution in [3.63, 3.8) is 0 Å². The monoisotopic (exact) mass is 218 g/mol. The second-order valence-corrected chi connectivity index (χ2v) is 4.88. The summed E-state index contributed by atoms with van der Waals surface area (Å²) in [4.78, 5) is -0.00505. The highest BCUT2D eigenvalue weighted by Gasteiger charge is 2.14. The summed E-state index contributed by atoms with van der Waals surface area (Å²) in [6, 6.07) is 4.95. The molecule has 0 saturated carbocycles. The van der Waals surface area contributed by atoms with Crippen molar-refractivity contribution < 1.29 is 17.5 Å². The third kappa shape index (κ3) is 2.78. The SMILES string of the molecule is COCCS(=O)(=O)c1cccc(F)c1. The van der Waals surface area contributed by atoms with Crippen molar-refractivity contribution in [2.45, 2.75) is 4.90 Å². The minimum Gasteiger partial charge on any atom is -0.384 e. The molecule has 0 aliphatic heterocycles. The summed E-state index contributed by atoms with van der Waals surface area (Å²) < 4.78 is 40.4.